The lowest BCUT2D eigenvalue weighted by Gasteiger charge is -2.24. The van der Waals surface area contributed by atoms with E-state index >= 15 is 0 Å². The molecule has 2 aromatic carbocycles. The molecular formula is C19H20N2O2. The molecule has 0 spiro atoms. The SMILES string of the molecule is CC(=O)c1cccc(NC(=O)CN2c3ccccc3C[C@H]2C)c1. The van der Waals surface area contributed by atoms with Crippen LogP contribution in [0.3, 0.4) is 0 Å². The summed E-state index contributed by atoms with van der Waals surface area (Å²) in [4.78, 5) is 25.9. The second kappa shape index (κ2) is 6.24. The van der Waals surface area contributed by atoms with Crippen LogP contribution in [-0.2, 0) is 11.2 Å². The fraction of sp³-hybridized carbons (Fsp3) is 0.263. The fourth-order valence-corrected chi connectivity index (χ4v) is 3.04. The summed E-state index contributed by atoms with van der Waals surface area (Å²) < 4.78 is 0. The van der Waals surface area contributed by atoms with Crippen molar-refractivity contribution in [3.63, 3.8) is 0 Å². The molecule has 1 N–H and O–H groups in total. The van der Waals surface area contributed by atoms with Crippen LogP contribution in [0.4, 0.5) is 11.4 Å². The first-order chi connectivity index (χ1) is 11.0. The number of amides is 1. The molecule has 0 saturated heterocycles. The zero-order valence-electron chi connectivity index (χ0n) is 13.4. The van der Waals surface area contributed by atoms with Gasteiger partial charge in [0.05, 0.1) is 6.54 Å². The predicted molar refractivity (Wildman–Crippen MR) is 92.0 cm³/mol. The molecule has 0 fully saturated rings. The van der Waals surface area contributed by atoms with Gasteiger partial charge in [0.15, 0.2) is 5.78 Å². The number of carbonyl (C=O) groups excluding carboxylic acids is 2. The second-order valence-electron chi connectivity index (χ2n) is 5.99. The number of anilines is 2. The van der Waals surface area contributed by atoms with E-state index in [1.165, 1.54) is 12.5 Å². The van der Waals surface area contributed by atoms with E-state index in [1.54, 1.807) is 24.3 Å². The Kier molecular flexibility index (Phi) is 4.15. The zero-order chi connectivity index (χ0) is 16.4. The summed E-state index contributed by atoms with van der Waals surface area (Å²) in [5.74, 6) is -0.0857. The van der Waals surface area contributed by atoms with Crippen molar-refractivity contribution in [2.75, 3.05) is 16.8 Å². The van der Waals surface area contributed by atoms with Gasteiger partial charge >= 0.3 is 0 Å². The largest absolute Gasteiger partial charge is 0.359 e. The summed E-state index contributed by atoms with van der Waals surface area (Å²) in [5.41, 5.74) is 3.67. The molecule has 1 aliphatic heterocycles. The number of para-hydroxylation sites is 1. The van der Waals surface area contributed by atoms with E-state index in [2.05, 4.69) is 29.3 Å². The third-order valence-electron chi connectivity index (χ3n) is 4.22. The highest BCUT2D eigenvalue weighted by Gasteiger charge is 2.26. The maximum Gasteiger partial charge on any atom is 0.243 e. The number of rotatable bonds is 4. The Balaban J connectivity index is 1.71. The lowest BCUT2D eigenvalue weighted by atomic mass is 10.1. The highest BCUT2D eigenvalue weighted by molar-refractivity contribution is 5.98. The Hall–Kier alpha value is -2.62. The summed E-state index contributed by atoms with van der Waals surface area (Å²) in [6, 6.07) is 15.5. The van der Waals surface area contributed by atoms with E-state index in [0.29, 0.717) is 23.8 Å². The molecule has 4 nitrogen and oxygen atoms in total. The van der Waals surface area contributed by atoms with Crippen molar-refractivity contribution in [3.8, 4) is 0 Å². The number of ketones is 1. The van der Waals surface area contributed by atoms with E-state index < -0.39 is 0 Å². The topological polar surface area (TPSA) is 49.4 Å². The van der Waals surface area contributed by atoms with Crippen LogP contribution in [0.15, 0.2) is 48.5 Å². The molecule has 0 unspecified atom stereocenters. The number of fused-ring (bicyclic) bond motifs is 1. The first kappa shape index (κ1) is 15.3. The van der Waals surface area contributed by atoms with Gasteiger partial charge in [0, 0.05) is 23.0 Å². The molecule has 0 aromatic heterocycles. The summed E-state index contributed by atoms with van der Waals surface area (Å²) in [7, 11) is 0. The summed E-state index contributed by atoms with van der Waals surface area (Å²) in [5, 5.41) is 2.88. The van der Waals surface area contributed by atoms with Gasteiger partial charge in [-0.05, 0) is 44.0 Å². The summed E-state index contributed by atoms with van der Waals surface area (Å²) in [6.45, 7) is 3.95. The van der Waals surface area contributed by atoms with Crippen molar-refractivity contribution in [2.45, 2.75) is 26.3 Å². The van der Waals surface area contributed by atoms with Crippen molar-refractivity contribution in [1.29, 1.82) is 0 Å². The van der Waals surface area contributed by atoms with Gasteiger partial charge in [0.25, 0.3) is 0 Å². The van der Waals surface area contributed by atoms with Gasteiger partial charge in [0.1, 0.15) is 0 Å². The normalized spacial score (nSPS) is 16.1. The fourth-order valence-electron chi connectivity index (χ4n) is 3.04. The van der Waals surface area contributed by atoms with Crippen molar-refractivity contribution in [3.05, 3.63) is 59.7 Å². The molecule has 1 aliphatic rings. The number of Topliss-reactive ketones (excluding diaryl/α,β-unsaturated/α-hetero) is 1. The Bertz CT molecular complexity index is 755. The molecule has 118 valence electrons. The number of nitrogens with zero attached hydrogens (tertiary/aromatic N) is 1. The second-order valence-corrected chi connectivity index (χ2v) is 5.99. The van der Waals surface area contributed by atoms with Crippen LogP contribution < -0.4 is 10.2 Å². The maximum atomic E-state index is 12.4. The van der Waals surface area contributed by atoms with Gasteiger partial charge in [-0.25, -0.2) is 0 Å². The summed E-state index contributed by atoms with van der Waals surface area (Å²) in [6.07, 6.45) is 0.962. The molecule has 3 rings (SSSR count). The maximum absolute atomic E-state index is 12.4. The number of benzene rings is 2. The monoisotopic (exact) mass is 308 g/mol. The summed E-state index contributed by atoms with van der Waals surface area (Å²) >= 11 is 0. The van der Waals surface area contributed by atoms with Crippen molar-refractivity contribution in [1.82, 2.24) is 0 Å². The van der Waals surface area contributed by atoms with E-state index in [0.717, 1.165) is 12.1 Å². The minimum atomic E-state index is -0.0748. The molecule has 1 atom stereocenters. The molecule has 0 radical (unpaired) electrons. The molecular weight excluding hydrogens is 288 g/mol. The number of carbonyl (C=O) groups is 2. The van der Waals surface area contributed by atoms with Crippen molar-refractivity contribution >= 4 is 23.1 Å². The molecule has 1 heterocycles. The van der Waals surface area contributed by atoms with Crippen LogP contribution in [0.25, 0.3) is 0 Å². The Labute approximate surface area is 136 Å². The number of nitrogens with one attached hydrogen (secondary N) is 1. The number of hydrogen-bond donors (Lipinski definition) is 1. The third kappa shape index (κ3) is 3.26. The smallest absolute Gasteiger partial charge is 0.243 e. The Morgan fingerprint density at radius 1 is 1.17 bits per heavy atom. The first-order valence-electron chi connectivity index (χ1n) is 7.80. The molecule has 0 saturated carbocycles. The van der Waals surface area contributed by atoms with Gasteiger partial charge in [-0.1, -0.05) is 30.3 Å². The minimum Gasteiger partial charge on any atom is -0.359 e. The molecule has 0 aliphatic carbocycles. The molecule has 4 heteroatoms. The molecule has 2 aromatic rings. The quantitative estimate of drug-likeness (QED) is 0.882. The molecule has 0 bridgehead atoms. The lowest BCUT2D eigenvalue weighted by molar-refractivity contribution is -0.115. The molecule has 23 heavy (non-hydrogen) atoms. The van der Waals surface area contributed by atoms with Gasteiger partial charge in [-0.15, -0.1) is 0 Å². The van der Waals surface area contributed by atoms with Crippen molar-refractivity contribution < 1.29 is 9.59 Å². The van der Waals surface area contributed by atoms with Gasteiger partial charge in [-0.2, -0.15) is 0 Å². The van der Waals surface area contributed by atoms with E-state index in [1.807, 2.05) is 12.1 Å². The number of hydrogen-bond acceptors (Lipinski definition) is 3. The third-order valence-corrected chi connectivity index (χ3v) is 4.22. The first-order valence-corrected chi connectivity index (χ1v) is 7.80. The van der Waals surface area contributed by atoms with Gasteiger partial charge in [0.2, 0.25) is 5.91 Å². The van der Waals surface area contributed by atoms with Crippen LogP contribution >= 0.6 is 0 Å². The minimum absolute atomic E-state index is 0.0109. The Morgan fingerprint density at radius 2 is 1.96 bits per heavy atom. The van der Waals surface area contributed by atoms with Crippen LogP contribution in [0.1, 0.15) is 29.8 Å². The predicted octanol–water partition coefficient (Wildman–Crippen LogP) is 3.28. The van der Waals surface area contributed by atoms with Gasteiger partial charge in [-0.3, -0.25) is 9.59 Å². The van der Waals surface area contributed by atoms with Crippen LogP contribution in [0, 0.1) is 0 Å². The molecule has 1 amide bonds. The van der Waals surface area contributed by atoms with E-state index in [4.69, 9.17) is 0 Å². The average Bonchev–Trinajstić information content (AvgIpc) is 2.83. The van der Waals surface area contributed by atoms with Crippen molar-refractivity contribution in [2.24, 2.45) is 0 Å². The standard InChI is InChI=1S/C19H20N2O2/c1-13-10-16-6-3-4-9-18(16)21(13)12-19(23)20-17-8-5-7-15(11-17)14(2)22/h3-9,11,13H,10,12H2,1-2H3,(H,20,23)/t13-/m1/s1. The highest BCUT2D eigenvalue weighted by atomic mass is 16.2. The zero-order valence-corrected chi connectivity index (χ0v) is 13.4. The van der Waals surface area contributed by atoms with E-state index in [9.17, 15) is 9.59 Å². The van der Waals surface area contributed by atoms with Gasteiger partial charge < -0.3 is 10.2 Å². The van der Waals surface area contributed by atoms with Crippen LogP contribution in [0.5, 0.6) is 0 Å². The van der Waals surface area contributed by atoms with E-state index in [-0.39, 0.29) is 11.7 Å². The highest BCUT2D eigenvalue weighted by Crippen LogP contribution is 2.31. The Morgan fingerprint density at radius 3 is 2.74 bits per heavy atom. The average molecular weight is 308 g/mol. The van der Waals surface area contributed by atoms with Crippen LogP contribution in [0.2, 0.25) is 0 Å². The lowest BCUT2D eigenvalue weighted by Crippen LogP contribution is -2.37. The van der Waals surface area contributed by atoms with Crippen LogP contribution in [-0.4, -0.2) is 24.3 Å².